The van der Waals surface area contributed by atoms with Crippen LogP contribution in [0.1, 0.15) is 20.9 Å². The van der Waals surface area contributed by atoms with E-state index in [4.69, 9.17) is 0 Å². The number of hydrogen-bond acceptors (Lipinski definition) is 4. The lowest BCUT2D eigenvalue weighted by atomic mass is 10.3. The van der Waals surface area contributed by atoms with Crippen molar-refractivity contribution in [3.8, 4) is 5.69 Å². The first-order chi connectivity index (χ1) is 11.2. The number of H-pyrrole nitrogens is 1. The lowest BCUT2D eigenvalue weighted by Crippen LogP contribution is -2.19. The molecule has 0 atom stereocenters. The molecule has 0 saturated carbocycles. The monoisotopic (exact) mass is 326 g/mol. The fourth-order valence-electron chi connectivity index (χ4n) is 2.09. The topological polar surface area (TPSA) is 79.2 Å². The smallest absolute Gasteiger partial charge is 0.281 e. The SMILES string of the molecule is Cc1[nH]n(-c2ccccc2)c(=O)c1/C=N\NC(=O)c1cccs1. The van der Waals surface area contributed by atoms with Gasteiger partial charge in [0.05, 0.1) is 22.3 Å². The number of hydrogen-bond donors (Lipinski definition) is 2. The summed E-state index contributed by atoms with van der Waals surface area (Å²) in [5.74, 6) is -0.298. The molecule has 3 rings (SSSR count). The van der Waals surface area contributed by atoms with Crippen molar-refractivity contribution in [3.05, 3.63) is 74.3 Å². The molecule has 0 radical (unpaired) electrons. The minimum absolute atomic E-state index is 0.220. The Balaban J connectivity index is 1.81. The third-order valence-corrected chi connectivity index (χ3v) is 4.10. The van der Waals surface area contributed by atoms with Crippen LogP contribution < -0.4 is 11.0 Å². The zero-order chi connectivity index (χ0) is 16.2. The van der Waals surface area contributed by atoms with Crippen LogP contribution in [0.25, 0.3) is 5.69 Å². The van der Waals surface area contributed by atoms with Gasteiger partial charge in [0.2, 0.25) is 0 Å². The van der Waals surface area contributed by atoms with E-state index in [9.17, 15) is 9.59 Å². The van der Waals surface area contributed by atoms with Crippen molar-refractivity contribution in [3.63, 3.8) is 0 Å². The molecule has 0 aliphatic rings. The van der Waals surface area contributed by atoms with Crippen molar-refractivity contribution < 1.29 is 4.79 Å². The molecule has 1 aromatic carbocycles. The Bertz CT molecular complexity index is 892. The third-order valence-electron chi connectivity index (χ3n) is 3.24. The maximum atomic E-state index is 12.4. The number of carbonyl (C=O) groups is 1. The summed E-state index contributed by atoms with van der Waals surface area (Å²) in [5, 5.41) is 8.69. The maximum Gasteiger partial charge on any atom is 0.281 e. The third kappa shape index (κ3) is 3.14. The Morgan fingerprint density at radius 2 is 2.04 bits per heavy atom. The number of aromatic nitrogens is 2. The number of carbonyl (C=O) groups excluding carboxylic acids is 1. The quantitative estimate of drug-likeness (QED) is 0.570. The van der Waals surface area contributed by atoms with E-state index >= 15 is 0 Å². The Labute approximate surface area is 136 Å². The van der Waals surface area contributed by atoms with Gasteiger partial charge in [-0.2, -0.15) is 5.10 Å². The predicted octanol–water partition coefficient (Wildman–Crippen LogP) is 2.30. The maximum absolute atomic E-state index is 12.4. The zero-order valence-corrected chi connectivity index (χ0v) is 13.1. The first-order valence-electron chi connectivity index (χ1n) is 6.91. The Kier molecular flexibility index (Phi) is 4.20. The number of para-hydroxylation sites is 1. The zero-order valence-electron chi connectivity index (χ0n) is 12.3. The number of thiophene rings is 1. The molecule has 0 aliphatic heterocycles. The van der Waals surface area contributed by atoms with Crippen LogP contribution in [0.5, 0.6) is 0 Å². The molecule has 0 unspecified atom stereocenters. The van der Waals surface area contributed by atoms with Crippen molar-refractivity contribution in [2.75, 3.05) is 0 Å². The molecular weight excluding hydrogens is 312 g/mol. The van der Waals surface area contributed by atoms with Crippen molar-refractivity contribution in [1.82, 2.24) is 15.2 Å². The summed E-state index contributed by atoms with van der Waals surface area (Å²) in [5.41, 5.74) is 4.01. The van der Waals surface area contributed by atoms with Crippen molar-refractivity contribution in [1.29, 1.82) is 0 Å². The standard InChI is InChI=1S/C16H14N4O2S/c1-11-13(10-17-18-15(21)14-8-5-9-23-14)16(22)20(19-11)12-6-3-2-4-7-12/h2-10,19H,1H3,(H,18,21)/b17-10-. The van der Waals surface area contributed by atoms with Crippen molar-refractivity contribution >= 4 is 23.5 Å². The van der Waals surface area contributed by atoms with E-state index < -0.39 is 0 Å². The number of amides is 1. The number of nitrogens with zero attached hydrogens (tertiary/aromatic N) is 2. The first-order valence-corrected chi connectivity index (χ1v) is 7.79. The highest BCUT2D eigenvalue weighted by Crippen LogP contribution is 2.08. The van der Waals surface area contributed by atoms with E-state index in [0.717, 1.165) is 5.69 Å². The molecule has 0 spiro atoms. The molecule has 0 bridgehead atoms. The van der Waals surface area contributed by atoms with Crippen LogP contribution >= 0.6 is 11.3 Å². The molecule has 0 saturated heterocycles. The highest BCUT2D eigenvalue weighted by molar-refractivity contribution is 7.12. The molecule has 6 nitrogen and oxygen atoms in total. The molecular formula is C16H14N4O2S. The number of nitrogens with one attached hydrogen (secondary N) is 2. The summed E-state index contributed by atoms with van der Waals surface area (Å²) in [6, 6.07) is 12.7. The van der Waals surface area contributed by atoms with Gasteiger partial charge in [-0.1, -0.05) is 24.3 Å². The minimum atomic E-state index is -0.298. The molecule has 2 aromatic heterocycles. The molecule has 2 N–H and O–H groups in total. The van der Waals surface area contributed by atoms with E-state index in [-0.39, 0.29) is 11.5 Å². The second-order valence-corrected chi connectivity index (χ2v) is 5.75. The van der Waals surface area contributed by atoms with Crippen LogP contribution in [0, 0.1) is 6.92 Å². The largest absolute Gasteiger partial charge is 0.295 e. The van der Waals surface area contributed by atoms with Crippen LogP contribution in [0.2, 0.25) is 0 Å². The van der Waals surface area contributed by atoms with Gasteiger partial charge in [-0.25, -0.2) is 10.1 Å². The Morgan fingerprint density at radius 1 is 1.26 bits per heavy atom. The Morgan fingerprint density at radius 3 is 2.74 bits per heavy atom. The van der Waals surface area contributed by atoms with Gasteiger partial charge in [0.25, 0.3) is 11.5 Å². The van der Waals surface area contributed by atoms with Gasteiger partial charge < -0.3 is 0 Å². The Hall–Kier alpha value is -2.93. The summed E-state index contributed by atoms with van der Waals surface area (Å²) < 4.78 is 1.44. The molecule has 0 aliphatic carbocycles. The lowest BCUT2D eigenvalue weighted by molar-refractivity contribution is 0.0959. The average Bonchev–Trinajstić information content (AvgIpc) is 3.19. The lowest BCUT2D eigenvalue weighted by Gasteiger charge is -1.99. The van der Waals surface area contributed by atoms with Gasteiger partial charge in [-0.15, -0.1) is 11.3 Å². The van der Waals surface area contributed by atoms with Gasteiger partial charge in [-0.05, 0) is 30.5 Å². The van der Waals surface area contributed by atoms with E-state index in [2.05, 4.69) is 15.6 Å². The van der Waals surface area contributed by atoms with Crippen LogP contribution in [0.15, 0.2) is 57.7 Å². The predicted molar refractivity (Wildman–Crippen MR) is 90.5 cm³/mol. The highest BCUT2D eigenvalue weighted by atomic mass is 32.1. The molecule has 0 fully saturated rings. The molecule has 1 amide bonds. The van der Waals surface area contributed by atoms with Gasteiger partial charge in [0.1, 0.15) is 0 Å². The van der Waals surface area contributed by atoms with Gasteiger partial charge >= 0.3 is 0 Å². The van der Waals surface area contributed by atoms with Crippen LogP contribution in [-0.2, 0) is 0 Å². The van der Waals surface area contributed by atoms with Gasteiger partial charge in [0.15, 0.2) is 0 Å². The van der Waals surface area contributed by atoms with Crippen LogP contribution in [0.3, 0.4) is 0 Å². The number of benzene rings is 1. The summed E-state index contributed by atoms with van der Waals surface area (Å²) in [4.78, 5) is 24.8. The summed E-state index contributed by atoms with van der Waals surface area (Å²) in [6.07, 6.45) is 1.36. The van der Waals surface area contributed by atoms with E-state index in [1.54, 1.807) is 19.1 Å². The second-order valence-electron chi connectivity index (χ2n) is 4.80. The normalized spacial score (nSPS) is 11.0. The second kappa shape index (κ2) is 6.45. The minimum Gasteiger partial charge on any atom is -0.295 e. The molecule has 2 heterocycles. The van der Waals surface area contributed by atoms with Gasteiger partial charge in [0, 0.05) is 5.69 Å². The van der Waals surface area contributed by atoms with Gasteiger partial charge in [-0.3, -0.25) is 14.7 Å². The number of aryl methyl sites for hydroxylation is 1. The fourth-order valence-corrected chi connectivity index (χ4v) is 2.70. The molecule has 7 heteroatoms. The van der Waals surface area contributed by atoms with E-state index in [1.807, 2.05) is 35.7 Å². The van der Waals surface area contributed by atoms with Crippen molar-refractivity contribution in [2.24, 2.45) is 5.10 Å². The highest BCUT2D eigenvalue weighted by Gasteiger charge is 2.10. The molecule has 23 heavy (non-hydrogen) atoms. The molecule has 116 valence electrons. The summed E-state index contributed by atoms with van der Waals surface area (Å²) >= 11 is 1.33. The van der Waals surface area contributed by atoms with Crippen LogP contribution in [0.4, 0.5) is 0 Å². The number of rotatable bonds is 4. The summed E-state index contributed by atoms with van der Waals surface area (Å²) in [7, 11) is 0. The number of aromatic amines is 1. The fraction of sp³-hybridized carbons (Fsp3) is 0.0625. The number of hydrazone groups is 1. The van der Waals surface area contributed by atoms with Crippen LogP contribution in [-0.4, -0.2) is 21.9 Å². The van der Waals surface area contributed by atoms with Crippen molar-refractivity contribution in [2.45, 2.75) is 6.92 Å². The summed E-state index contributed by atoms with van der Waals surface area (Å²) in [6.45, 7) is 1.78. The van der Waals surface area contributed by atoms with E-state index in [0.29, 0.717) is 16.1 Å². The first kappa shape index (κ1) is 15.0. The average molecular weight is 326 g/mol. The molecule has 3 aromatic rings. The van der Waals surface area contributed by atoms with E-state index in [1.165, 1.54) is 22.2 Å².